The van der Waals surface area contributed by atoms with E-state index < -0.39 is 17.5 Å². The lowest BCUT2D eigenvalue weighted by Gasteiger charge is -2.04. The number of rotatable bonds is 2. The molecular formula is C12H8F3NS. The molecule has 17 heavy (non-hydrogen) atoms. The molecule has 2 aromatic rings. The summed E-state index contributed by atoms with van der Waals surface area (Å²) >= 11 is 0.922. The molecule has 0 radical (unpaired) electrons. The van der Waals surface area contributed by atoms with Crippen molar-refractivity contribution in [3.8, 4) is 0 Å². The Morgan fingerprint density at radius 3 is 2.35 bits per heavy atom. The standard InChI is InChI=1S/C12H8F3NS/c13-7-1-2-11(15)12(5-7)17-10-4-8(14)3-9(16)6-10/h1-6H,16H2. The monoisotopic (exact) mass is 255 g/mol. The number of nitrogen functional groups attached to an aromatic ring is 1. The molecule has 0 aliphatic heterocycles. The molecule has 0 saturated heterocycles. The van der Waals surface area contributed by atoms with Gasteiger partial charge in [-0.1, -0.05) is 11.8 Å². The first-order chi connectivity index (χ1) is 8.04. The third kappa shape index (κ3) is 2.94. The third-order valence-corrected chi connectivity index (χ3v) is 3.02. The van der Waals surface area contributed by atoms with E-state index in [0.29, 0.717) is 4.90 Å². The highest BCUT2D eigenvalue weighted by Crippen LogP contribution is 2.31. The van der Waals surface area contributed by atoms with Gasteiger partial charge in [-0.25, -0.2) is 13.2 Å². The Bertz CT molecular complexity index is 537. The third-order valence-electron chi connectivity index (χ3n) is 2.01. The van der Waals surface area contributed by atoms with E-state index in [1.54, 1.807) is 0 Å². The molecule has 0 unspecified atom stereocenters. The zero-order valence-electron chi connectivity index (χ0n) is 8.58. The minimum atomic E-state index is -0.556. The zero-order valence-corrected chi connectivity index (χ0v) is 9.40. The first-order valence-electron chi connectivity index (χ1n) is 4.73. The van der Waals surface area contributed by atoms with Crippen molar-refractivity contribution in [3.05, 3.63) is 53.8 Å². The number of hydrogen-bond acceptors (Lipinski definition) is 2. The fourth-order valence-corrected chi connectivity index (χ4v) is 2.28. The number of hydrogen-bond donors (Lipinski definition) is 1. The van der Waals surface area contributed by atoms with Gasteiger partial charge in [0.15, 0.2) is 0 Å². The second-order valence-electron chi connectivity index (χ2n) is 3.40. The van der Waals surface area contributed by atoms with E-state index in [4.69, 9.17) is 5.73 Å². The van der Waals surface area contributed by atoms with Crippen molar-refractivity contribution < 1.29 is 13.2 Å². The van der Waals surface area contributed by atoms with Gasteiger partial charge in [-0.2, -0.15) is 0 Å². The van der Waals surface area contributed by atoms with E-state index in [0.717, 1.165) is 36.0 Å². The van der Waals surface area contributed by atoms with Crippen LogP contribution in [0.1, 0.15) is 0 Å². The molecule has 1 nitrogen and oxygen atoms in total. The zero-order chi connectivity index (χ0) is 12.4. The average molecular weight is 255 g/mol. The summed E-state index contributed by atoms with van der Waals surface area (Å²) in [7, 11) is 0. The number of halogens is 3. The highest BCUT2D eigenvalue weighted by atomic mass is 32.2. The molecule has 2 aromatic carbocycles. The molecule has 0 aliphatic carbocycles. The fraction of sp³-hybridized carbons (Fsp3) is 0. The summed E-state index contributed by atoms with van der Waals surface area (Å²) in [6.45, 7) is 0. The van der Waals surface area contributed by atoms with Crippen LogP contribution in [0.25, 0.3) is 0 Å². The van der Waals surface area contributed by atoms with Gasteiger partial charge in [-0.05, 0) is 36.4 Å². The van der Waals surface area contributed by atoms with Crippen LogP contribution in [0.2, 0.25) is 0 Å². The van der Waals surface area contributed by atoms with Crippen LogP contribution in [-0.2, 0) is 0 Å². The van der Waals surface area contributed by atoms with Gasteiger partial charge in [0.1, 0.15) is 17.5 Å². The molecule has 0 heterocycles. The molecule has 0 amide bonds. The molecule has 0 spiro atoms. The summed E-state index contributed by atoms with van der Waals surface area (Å²) in [4.78, 5) is 0.516. The summed E-state index contributed by atoms with van der Waals surface area (Å²) in [6.07, 6.45) is 0. The Morgan fingerprint density at radius 2 is 1.65 bits per heavy atom. The first-order valence-corrected chi connectivity index (χ1v) is 5.55. The summed E-state index contributed by atoms with van der Waals surface area (Å²) in [5, 5.41) is 0. The van der Waals surface area contributed by atoms with Crippen molar-refractivity contribution in [1.82, 2.24) is 0 Å². The quantitative estimate of drug-likeness (QED) is 0.825. The first kappa shape index (κ1) is 11.9. The predicted octanol–water partition coefficient (Wildman–Crippen LogP) is 3.84. The molecule has 88 valence electrons. The maximum absolute atomic E-state index is 13.3. The van der Waals surface area contributed by atoms with Crippen LogP contribution in [0.5, 0.6) is 0 Å². The summed E-state index contributed by atoms with van der Waals surface area (Å²) in [5.74, 6) is -1.61. The lowest BCUT2D eigenvalue weighted by molar-refractivity contribution is 0.577. The lowest BCUT2D eigenvalue weighted by Crippen LogP contribution is -1.88. The van der Waals surface area contributed by atoms with Crippen LogP contribution >= 0.6 is 11.8 Å². The molecule has 0 saturated carbocycles. The molecule has 5 heteroatoms. The molecule has 2 N–H and O–H groups in total. The van der Waals surface area contributed by atoms with Gasteiger partial charge >= 0.3 is 0 Å². The number of benzene rings is 2. The van der Waals surface area contributed by atoms with Gasteiger partial charge in [0, 0.05) is 10.6 Å². The van der Waals surface area contributed by atoms with Crippen LogP contribution in [0.4, 0.5) is 18.9 Å². The minimum absolute atomic E-state index is 0.0926. The molecule has 0 aromatic heterocycles. The van der Waals surface area contributed by atoms with Crippen LogP contribution < -0.4 is 5.73 Å². The van der Waals surface area contributed by atoms with Gasteiger partial charge in [-0.15, -0.1) is 0 Å². The van der Waals surface area contributed by atoms with Crippen LogP contribution in [0.3, 0.4) is 0 Å². The predicted molar refractivity (Wildman–Crippen MR) is 61.3 cm³/mol. The molecule has 0 atom stereocenters. The second-order valence-corrected chi connectivity index (χ2v) is 4.51. The maximum atomic E-state index is 13.3. The second kappa shape index (κ2) is 4.71. The van der Waals surface area contributed by atoms with Crippen LogP contribution in [-0.4, -0.2) is 0 Å². The molecule has 0 fully saturated rings. The minimum Gasteiger partial charge on any atom is -0.399 e. The largest absolute Gasteiger partial charge is 0.399 e. The molecule has 2 rings (SSSR count). The normalized spacial score (nSPS) is 10.5. The fourth-order valence-electron chi connectivity index (χ4n) is 1.33. The van der Waals surface area contributed by atoms with E-state index >= 15 is 0 Å². The Balaban J connectivity index is 2.34. The van der Waals surface area contributed by atoms with Crippen LogP contribution in [0, 0.1) is 17.5 Å². The SMILES string of the molecule is Nc1cc(F)cc(Sc2cc(F)ccc2F)c1. The average Bonchev–Trinajstić information content (AvgIpc) is 2.22. The summed E-state index contributed by atoms with van der Waals surface area (Å²) in [6, 6.07) is 6.98. The van der Waals surface area contributed by atoms with Crippen molar-refractivity contribution in [1.29, 1.82) is 0 Å². The summed E-state index contributed by atoms with van der Waals surface area (Å²) < 4.78 is 39.3. The van der Waals surface area contributed by atoms with Gasteiger partial charge < -0.3 is 5.73 Å². The Labute approximate surface area is 100 Å². The Kier molecular flexibility index (Phi) is 3.28. The van der Waals surface area contributed by atoms with Crippen molar-refractivity contribution in [2.24, 2.45) is 0 Å². The Morgan fingerprint density at radius 1 is 0.882 bits per heavy atom. The number of anilines is 1. The van der Waals surface area contributed by atoms with E-state index in [1.165, 1.54) is 12.1 Å². The summed E-state index contributed by atoms with van der Waals surface area (Å²) in [5.41, 5.74) is 5.70. The highest BCUT2D eigenvalue weighted by molar-refractivity contribution is 7.99. The van der Waals surface area contributed by atoms with E-state index in [2.05, 4.69) is 0 Å². The topological polar surface area (TPSA) is 26.0 Å². The molecular weight excluding hydrogens is 247 g/mol. The van der Waals surface area contributed by atoms with Gasteiger partial charge in [0.05, 0.1) is 4.90 Å². The van der Waals surface area contributed by atoms with Crippen molar-refractivity contribution in [2.75, 3.05) is 5.73 Å². The van der Waals surface area contributed by atoms with Crippen molar-refractivity contribution in [3.63, 3.8) is 0 Å². The molecule has 0 aliphatic rings. The maximum Gasteiger partial charge on any atom is 0.137 e. The molecule has 0 bridgehead atoms. The van der Waals surface area contributed by atoms with Gasteiger partial charge in [-0.3, -0.25) is 0 Å². The van der Waals surface area contributed by atoms with E-state index in [1.807, 2.05) is 0 Å². The smallest absolute Gasteiger partial charge is 0.137 e. The van der Waals surface area contributed by atoms with E-state index in [-0.39, 0.29) is 10.6 Å². The van der Waals surface area contributed by atoms with Gasteiger partial charge in [0.2, 0.25) is 0 Å². The van der Waals surface area contributed by atoms with Crippen molar-refractivity contribution >= 4 is 17.4 Å². The van der Waals surface area contributed by atoms with Gasteiger partial charge in [0.25, 0.3) is 0 Å². The van der Waals surface area contributed by atoms with Crippen LogP contribution in [0.15, 0.2) is 46.2 Å². The lowest BCUT2D eigenvalue weighted by atomic mass is 10.3. The Hall–Kier alpha value is -1.62. The van der Waals surface area contributed by atoms with E-state index in [9.17, 15) is 13.2 Å². The highest BCUT2D eigenvalue weighted by Gasteiger charge is 2.07. The van der Waals surface area contributed by atoms with Crippen molar-refractivity contribution in [2.45, 2.75) is 9.79 Å². The number of nitrogens with two attached hydrogens (primary N) is 1.